The van der Waals surface area contributed by atoms with Crippen molar-refractivity contribution in [1.82, 2.24) is 15.5 Å². The van der Waals surface area contributed by atoms with Gasteiger partial charge in [-0.2, -0.15) is 0 Å². The predicted molar refractivity (Wildman–Crippen MR) is 94.7 cm³/mol. The first-order chi connectivity index (χ1) is 11.8. The van der Waals surface area contributed by atoms with Crippen LogP contribution in [0, 0.1) is 5.92 Å². The van der Waals surface area contributed by atoms with E-state index >= 15 is 0 Å². The molecule has 3 rings (SSSR count). The molecule has 2 N–H and O–H groups in total. The standard InChI is InChI=1S/C19H33N3O2/c23-18-16-11-5-6-12-17(16)22(14-8-2-1-7-13-20-18)19(24)21-15-9-3-4-10-15/h15-17H,1-14H2,(H,20,23)(H,21,24). The fourth-order valence-electron chi connectivity index (χ4n) is 4.64. The molecule has 5 heteroatoms. The van der Waals surface area contributed by atoms with E-state index in [0.29, 0.717) is 6.04 Å². The summed E-state index contributed by atoms with van der Waals surface area (Å²) in [6.45, 7) is 1.59. The number of nitrogens with zero attached hydrogens (tertiary/aromatic N) is 1. The summed E-state index contributed by atoms with van der Waals surface area (Å²) in [7, 11) is 0. The zero-order valence-corrected chi connectivity index (χ0v) is 14.9. The van der Waals surface area contributed by atoms with Crippen molar-refractivity contribution in [3.63, 3.8) is 0 Å². The Bertz CT molecular complexity index is 434. The molecule has 3 amide bonds. The maximum atomic E-state index is 12.9. The Kier molecular flexibility index (Phi) is 6.38. The zero-order valence-electron chi connectivity index (χ0n) is 14.9. The van der Waals surface area contributed by atoms with Crippen LogP contribution >= 0.6 is 0 Å². The van der Waals surface area contributed by atoms with Gasteiger partial charge in [0.1, 0.15) is 0 Å². The number of hydrogen-bond acceptors (Lipinski definition) is 2. The van der Waals surface area contributed by atoms with Crippen molar-refractivity contribution in [1.29, 1.82) is 0 Å². The van der Waals surface area contributed by atoms with Crippen LogP contribution in [0.25, 0.3) is 0 Å². The van der Waals surface area contributed by atoms with Gasteiger partial charge in [0.15, 0.2) is 0 Å². The zero-order chi connectivity index (χ0) is 16.8. The summed E-state index contributed by atoms with van der Waals surface area (Å²) >= 11 is 0. The lowest BCUT2D eigenvalue weighted by atomic mass is 9.82. The minimum Gasteiger partial charge on any atom is -0.356 e. The van der Waals surface area contributed by atoms with Gasteiger partial charge in [-0.3, -0.25) is 4.79 Å². The number of urea groups is 1. The van der Waals surface area contributed by atoms with Crippen LogP contribution in [0.5, 0.6) is 0 Å². The smallest absolute Gasteiger partial charge is 0.317 e. The number of carbonyl (C=O) groups is 2. The Balaban J connectivity index is 1.72. The molecule has 0 aromatic carbocycles. The van der Waals surface area contributed by atoms with Gasteiger partial charge in [0.2, 0.25) is 5.91 Å². The molecule has 2 unspecified atom stereocenters. The molecule has 2 saturated carbocycles. The third-order valence-corrected chi connectivity index (χ3v) is 6.04. The van der Waals surface area contributed by atoms with Crippen molar-refractivity contribution >= 4 is 11.9 Å². The Morgan fingerprint density at radius 1 is 0.917 bits per heavy atom. The highest BCUT2D eigenvalue weighted by atomic mass is 16.2. The van der Waals surface area contributed by atoms with Gasteiger partial charge in [-0.15, -0.1) is 0 Å². The summed E-state index contributed by atoms with van der Waals surface area (Å²) in [6.07, 6.45) is 13.1. The van der Waals surface area contributed by atoms with E-state index in [4.69, 9.17) is 0 Å². The Labute approximate surface area is 145 Å². The van der Waals surface area contributed by atoms with Gasteiger partial charge < -0.3 is 15.5 Å². The van der Waals surface area contributed by atoms with Crippen LogP contribution in [0.4, 0.5) is 4.79 Å². The summed E-state index contributed by atoms with van der Waals surface area (Å²) in [5.74, 6) is 0.145. The fourth-order valence-corrected chi connectivity index (χ4v) is 4.64. The molecule has 1 aliphatic heterocycles. The number of amides is 3. The molecule has 136 valence electrons. The highest BCUT2D eigenvalue weighted by Gasteiger charge is 2.37. The Hall–Kier alpha value is -1.26. The van der Waals surface area contributed by atoms with Gasteiger partial charge in [-0.1, -0.05) is 38.5 Å². The SMILES string of the molecule is O=C1NCCCCCCN(C(=O)NC2CCCC2)C2CCCCC12. The lowest BCUT2D eigenvalue weighted by Gasteiger charge is -2.39. The lowest BCUT2D eigenvalue weighted by molar-refractivity contribution is -0.127. The van der Waals surface area contributed by atoms with E-state index in [1.807, 2.05) is 4.90 Å². The molecule has 0 aromatic heterocycles. The van der Waals surface area contributed by atoms with E-state index < -0.39 is 0 Å². The number of fused-ring (bicyclic) bond motifs is 1. The minimum absolute atomic E-state index is 0.0221. The second kappa shape index (κ2) is 8.72. The van der Waals surface area contributed by atoms with Crippen LogP contribution < -0.4 is 10.6 Å². The topological polar surface area (TPSA) is 61.4 Å². The molecule has 0 spiro atoms. The largest absolute Gasteiger partial charge is 0.356 e. The molecule has 1 saturated heterocycles. The van der Waals surface area contributed by atoms with Crippen molar-refractivity contribution < 1.29 is 9.59 Å². The molecule has 1 heterocycles. The number of rotatable bonds is 1. The van der Waals surface area contributed by atoms with E-state index in [1.54, 1.807) is 0 Å². The number of nitrogens with one attached hydrogen (secondary N) is 2. The van der Waals surface area contributed by atoms with Gasteiger partial charge in [0.25, 0.3) is 0 Å². The van der Waals surface area contributed by atoms with Crippen molar-refractivity contribution in [2.75, 3.05) is 13.1 Å². The van der Waals surface area contributed by atoms with E-state index in [-0.39, 0.29) is 23.9 Å². The van der Waals surface area contributed by atoms with E-state index in [1.165, 1.54) is 12.8 Å². The second-order valence-electron chi connectivity index (χ2n) is 7.79. The van der Waals surface area contributed by atoms with Gasteiger partial charge in [-0.05, 0) is 38.5 Å². The molecule has 24 heavy (non-hydrogen) atoms. The fraction of sp³-hybridized carbons (Fsp3) is 0.895. The summed E-state index contributed by atoms with van der Waals surface area (Å²) in [5, 5.41) is 6.37. The predicted octanol–water partition coefficient (Wildman–Crippen LogP) is 3.19. The van der Waals surface area contributed by atoms with Crippen molar-refractivity contribution in [3.8, 4) is 0 Å². The first-order valence-electron chi connectivity index (χ1n) is 10.1. The van der Waals surface area contributed by atoms with E-state index in [2.05, 4.69) is 10.6 Å². The molecule has 3 fully saturated rings. The number of hydrogen-bond donors (Lipinski definition) is 2. The van der Waals surface area contributed by atoms with E-state index in [9.17, 15) is 9.59 Å². The molecule has 2 aliphatic carbocycles. The molecular formula is C19H33N3O2. The van der Waals surface area contributed by atoms with Crippen molar-refractivity contribution in [3.05, 3.63) is 0 Å². The summed E-state index contributed by atoms with van der Waals surface area (Å²) in [4.78, 5) is 27.6. The van der Waals surface area contributed by atoms with Crippen LogP contribution in [0.3, 0.4) is 0 Å². The van der Waals surface area contributed by atoms with Crippen LogP contribution in [0.15, 0.2) is 0 Å². The van der Waals surface area contributed by atoms with Crippen LogP contribution in [-0.2, 0) is 4.79 Å². The Morgan fingerprint density at radius 2 is 1.62 bits per heavy atom. The van der Waals surface area contributed by atoms with Gasteiger partial charge >= 0.3 is 6.03 Å². The average molecular weight is 335 g/mol. The monoisotopic (exact) mass is 335 g/mol. The van der Waals surface area contributed by atoms with Crippen LogP contribution in [-0.4, -0.2) is 42.0 Å². The Morgan fingerprint density at radius 3 is 2.46 bits per heavy atom. The summed E-state index contributed by atoms with van der Waals surface area (Å²) in [5.41, 5.74) is 0. The van der Waals surface area contributed by atoms with Gasteiger partial charge in [-0.25, -0.2) is 4.79 Å². The van der Waals surface area contributed by atoms with Crippen molar-refractivity contribution in [2.45, 2.75) is 89.1 Å². The molecule has 0 bridgehead atoms. The first kappa shape index (κ1) is 17.6. The first-order valence-corrected chi connectivity index (χ1v) is 10.1. The highest BCUT2D eigenvalue weighted by molar-refractivity contribution is 5.81. The third kappa shape index (κ3) is 4.42. The van der Waals surface area contributed by atoms with Crippen molar-refractivity contribution in [2.24, 2.45) is 5.92 Å². The lowest BCUT2D eigenvalue weighted by Crippen LogP contribution is -2.55. The van der Waals surface area contributed by atoms with Crippen LogP contribution in [0.2, 0.25) is 0 Å². The molecular weight excluding hydrogens is 302 g/mol. The maximum absolute atomic E-state index is 12.9. The quantitative estimate of drug-likeness (QED) is 0.773. The van der Waals surface area contributed by atoms with Gasteiger partial charge in [0.05, 0.1) is 5.92 Å². The minimum atomic E-state index is -0.0221. The molecule has 2 atom stereocenters. The number of carbonyl (C=O) groups excluding carboxylic acids is 2. The molecule has 0 radical (unpaired) electrons. The normalized spacial score (nSPS) is 30.2. The molecule has 0 aromatic rings. The third-order valence-electron chi connectivity index (χ3n) is 6.04. The van der Waals surface area contributed by atoms with Crippen LogP contribution in [0.1, 0.15) is 77.0 Å². The average Bonchev–Trinajstić information content (AvgIpc) is 3.08. The summed E-state index contributed by atoms with van der Waals surface area (Å²) in [6, 6.07) is 0.496. The molecule has 3 aliphatic rings. The van der Waals surface area contributed by atoms with Gasteiger partial charge in [0, 0.05) is 25.2 Å². The highest BCUT2D eigenvalue weighted by Crippen LogP contribution is 2.30. The summed E-state index contributed by atoms with van der Waals surface area (Å²) < 4.78 is 0. The molecule has 5 nitrogen and oxygen atoms in total. The maximum Gasteiger partial charge on any atom is 0.317 e. The van der Waals surface area contributed by atoms with E-state index in [0.717, 1.165) is 77.3 Å². The second-order valence-corrected chi connectivity index (χ2v) is 7.79.